The van der Waals surface area contributed by atoms with E-state index in [0.29, 0.717) is 13.1 Å². The lowest BCUT2D eigenvalue weighted by molar-refractivity contribution is 0.0730. The van der Waals surface area contributed by atoms with Crippen molar-refractivity contribution in [1.82, 2.24) is 9.21 Å². The first kappa shape index (κ1) is 20.8. The average Bonchev–Trinajstić information content (AvgIpc) is 3.12. The first-order chi connectivity index (χ1) is 13.3. The molecule has 0 aromatic heterocycles. The molecule has 1 aliphatic carbocycles. The molecule has 1 unspecified atom stereocenters. The smallest absolute Gasteiger partial charge is 0.255 e. The van der Waals surface area contributed by atoms with Crippen LogP contribution in [0.5, 0.6) is 0 Å². The van der Waals surface area contributed by atoms with Crippen molar-refractivity contribution in [1.29, 1.82) is 0 Å². The summed E-state index contributed by atoms with van der Waals surface area (Å²) in [5.74, 6) is -0.275. The Hall–Kier alpha value is -1.89. The Bertz CT molecular complexity index is 987. The summed E-state index contributed by atoms with van der Waals surface area (Å²) in [6.07, 6.45) is 1.76. The molecule has 150 valence electrons. The van der Waals surface area contributed by atoms with Crippen molar-refractivity contribution in [2.24, 2.45) is 0 Å². The second-order valence-electron chi connectivity index (χ2n) is 6.90. The van der Waals surface area contributed by atoms with Gasteiger partial charge in [0.1, 0.15) is 0 Å². The normalized spacial score (nSPS) is 16.2. The fourth-order valence-corrected chi connectivity index (χ4v) is 5.49. The number of hydrogen-bond acceptors (Lipinski definition) is 3. The van der Waals surface area contributed by atoms with Crippen LogP contribution in [0.15, 0.2) is 47.4 Å². The predicted molar refractivity (Wildman–Crippen MR) is 111 cm³/mol. The van der Waals surface area contributed by atoms with Gasteiger partial charge >= 0.3 is 0 Å². The fourth-order valence-electron chi connectivity index (χ4n) is 3.81. The van der Waals surface area contributed by atoms with Gasteiger partial charge in [-0.25, -0.2) is 8.42 Å². The number of carbonyl (C=O) groups is 1. The van der Waals surface area contributed by atoms with Crippen LogP contribution in [0.25, 0.3) is 0 Å². The number of nitrogens with zero attached hydrogens (tertiary/aromatic N) is 2. The van der Waals surface area contributed by atoms with Gasteiger partial charge in [-0.2, -0.15) is 4.31 Å². The summed E-state index contributed by atoms with van der Waals surface area (Å²) in [4.78, 5) is 14.9. The summed E-state index contributed by atoms with van der Waals surface area (Å²) in [7, 11) is -1.92. The topological polar surface area (TPSA) is 57.7 Å². The van der Waals surface area contributed by atoms with Crippen molar-refractivity contribution in [2.45, 2.75) is 37.6 Å². The summed E-state index contributed by atoms with van der Waals surface area (Å²) in [5.41, 5.74) is 2.60. The molecular formula is C21H25ClN2O3S. The highest BCUT2D eigenvalue weighted by Gasteiger charge is 2.31. The zero-order valence-electron chi connectivity index (χ0n) is 16.4. The SMILES string of the molecule is CCN(CC)S(=O)(=O)c1ccc(Cl)c(C(=O)N(C)C2CCc3ccccc32)c1. The van der Waals surface area contributed by atoms with E-state index in [-0.39, 0.29) is 27.4 Å². The molecule has 0 saturated carbocycles. The number of sulfonamides is 1. The van der Waals surface area contributed by atoms with Crippen LogP contribution in [-0.4, -0.2) is 43.7 Å². The van der Waals surface area contributed by atoms with E-state index in [1.165, 1.54) is 28.1 Å². The Balaban J connectivity index is 1.94. The van der Waals surface area contributed by atoms with Gasteiger partial charge in [0.25, 0.3) is 5.91 Å². The number of amides is 1. The van der Waals surface area contributed by atoms with Gasteiger partial charge in [0, 0.05) is 20.1 Å². The minimum Gasteiger partial charge on any atom is -0.335 e. The standard InChI is InChI=1S/C21H25ClN2O3S/c1-4-24(5-2)28(26,27)16-11-12-19(22)18(14-16)21(25)23(3)20-13-10-15-8-6-7-9-17(15)20/h6-9,11-12,14,20H,4-5,10,13H2,1-3H3. The maximum absolute atomic E-state index is 13.2. The van der Waals surface area contributed by atoms with Crippen LogP contribution in [-0.2, 0) is 16.4 Å². The highest BCUT2D eigenvalue weighted by atomic mass is 35.5. The molecule has 1 aliphatic rings. The van der Waals surface area contributed by atoms with Crippen molar-refractivity contribution in [3.8, 4) is 0 Å². The van der Waals surface area contributed by atoms with Crippen LogP contribution in [0.1, 0.15) is 47.8 Å². The summed E-state index contributed by atoms with van der Waals surface area (Å²) in [5, 5.41) is 0.252. The molecular weight excluding hydrogens is 396 g/mol. The molecule has 1 atom stereocenters. The van der Waals surface area contributed by atoms with Gasteiger partial charge in [-0.1, -0.05) is 49.7 Å². The highest BCUT2D eigenvalue weighted by molar-refractivity contribution is 7.89. The van der Waals surface area contributed by atoms with E-state index >= 15 is 0 Å². The molecule has 0 heterocycles. The van der Waals surface area contributed by atoms with Crippen LogP contribution in [0.2, 0.25) is 5.02 Å². The first-order valence-corrected chi connectivity index (χ1v) is 11.3. The molecule has 3 rings (SSSR count). The highest BCUT2D eigenvalue weighted by Crippen LogP contribution is 2.36. The Morgan fingerprint density at radius 3 is 2.50 bits per heavy atom. The zero-order chi connectivity index (χ0) is 20.5. The average molecular weight is 421 g/mol. The van der Waals surface area contributed by atoms with E-state index in [9.17, 15) is 13.2 Å². The number of aryl methyl sites for hydroxylation is 1. The summed E-state index contributed by atoms with van der Waals surface area (Å²) in [6.45, 7) is 4.30. The molecule has 0 spiro atoms. The van der Waals surface area contributed by atoms with E-state index in [1.807, 2.05) is 18.2 Å². The number of hydrogen-bond donors (Lipinski definition) is 0. The largest absolute Gasteiger partial charge is 0.335 e. The van der Waals surface area contributed by atoms with Gasteiger partial charge in [0.05, 0.1) is 21.5 Å². The van der Waals surface area contributed by atoms with Crippen LogP contribution in [0.3, 0.4) is 0 Å². The molecule has 0 fully saturated rings. The number of rotatable bonds is 6. The van der Waals surface area contributed by atoms with Crippen LogP contribution in [0, 0.1) is 0 Å². The van der Waals surface area contributed by atoms with Gasteiger partial charge in [-0.05, 0) is 42.2 Å². The van der Waals surface area contributed by atoms with E-state index in [4.69, 9.17) is 11.6 Å². The van der Waals surface area contributed by atoms with Crippen molar-refractivity contribution in [3.63, 3.8) is 0 Å². The van der Waals surface area contributed by atoms with E-state index in [2.05, 4.69) is 6.07 Å². The minimum absolute atomic E-state index is 0.0391. The van der Waals surface area contributed by atoms with E-state index in [1.54, 1.807) is 25.8 Å². The number of halogens is 1. The quantitative estimate of drug-likeness (QED) is 0.705. The Labute approximate surface area is 172 Å². The van der Waals surface area contributed by atoms with Crippen molar-refractivity contribution < 1.29 is 13.2 Å². The third-order valence-electron chi connectivity index (χ3n) is 5.40. The van der Waals surface area contributed by atoms with Crippen molar-refractivity contribution in [3.05, 3.63) is 64.2 Å². The lowest BCUT2D eigenvalue weighted by Crippen LogP contribution is -2.32. The maximum Gasteiger partial charge on any atom is 0.255 e. The third kappa shape index (κ3) is 3.69. The summed E-state index contributed by atoms with van der Waals surface area (Å²) >= 11 is 6.28. The van der Waals surface area contributed by atoms with Gasteiger partial charge in [0.2, 0.25) is 10.0 Å². The molecule has 2 aromatic carbocycles. The molecule has 7 heteroatoms. The molecule has 0 bridgehead atoms. The molecule has 28 heavy (non-hydrogen) atoms. The molecule has 0 N–H and O–H groups in total. The number of fused-ring (bicyclic) bond motifs is 1. The molecule has 5 nitrogen and oxygen atoms in total. The molecule has 0 radical (unpaired) electrons. The molecule has 1 amide bonds. The molecule has 0 saturated heterocycles. The van der Waals surface area contributed by atoms with Gasteiger partial charge in [-0.3, -0.25) is 4.79 Å². The molecule has 0 aliphatic heterocycles. The summed E-state index contributed by atoms with van der Waals surface area (Å²) in [6, 6.07) is 12.4. The first-order valence-electron chi connectivity index (χ1n) is 9.45. The third-order valence-corrected chi connectivity index (χ3v) is 7.78. The lowest BCUT2D eigenvalue weighted by atomic mass is 10.1. The molecule has 2 aromatic rings. The minimum atomic E-state index is -3.66. The second-order valence-corrected chi connectivity index (χ2v) is 9.25. The van der Waals surface area contributed by atoms with Crippen LogP contribution < -0.4 is 0 Å². The van der Waals surface area contributed by atoms with E-state index < -0.39 is 10.0 Å². The lowest BCUT2D eigenvalue weighted by Gasteiger charge is -2.26. The zero-order valence-corrected chi connectivity index (χ0v) is 17.9. The monoisotopic (exact) mass is 420 g/mol. The van der Waals surface area contributed by atoms with Crippen LogP contribution in [0.4, 0.5) is 0 Å². The Morgan fingerprint density at radius 2 is 1.82 bits per heavy atom. The Morgan fingerprint density at radius 1 is 1.14 bits per heavy atom. The summed E-state index contributed by atoms with van der Waals surface area (Å²) < 4.78 is 27.0. The second kappa shape index (κ2) is 8.23. The van der Waals surface area contributed by atoms with Gasteiger partial charge < -0.3 is 4.90 Å². The van der Waals surface area contributed by atoms with Gasteiger partial charge in [-0.15, -0.1) is 0 Å². The van der Waals surface area contributed by atoms with Crippen LogP contribution >= 0.6 is 11.6 Å². The van der Waals surface area contributed by atoms with Gasteiger partial charge in [0.15, 0.2) is 0 Å². The maximum atomic E-state index is 13.2. The van der Waals surface area contributed by atoms with E-state index in [0.717, 1.165) is 18.4 Å². The Kier molecular flexibility index (Phi) is 6.12. The number of benzene rings is 2. The predicted octanol–water partition coefficient (Wildman–Crippen LogP) is 4.13. The van der Waals surface area contributed by atoms with Crippen molar-refractivity contribution >= 4 is 27.5 Å². The van der Waals surface area contributed by atoms with Crippen molar-refractivity contribution in [2.75, 3.05) is 20.1 Å². The number of carbonyl (C=O) groups excluding carboxylic acids is 1. The fraction of sp³-hybridized carbons (Fsp3) is 0.381.